The van der Waals surface area contributed by atoms with Crippen molar-refractivity contribution in [3.63, 3.8) is 0 Å². The van der Waals surface area contributed by atoms with E-state index in [1.165, 1.54) is 6.33 Å². The number of H-pyrrole nitrogens is 1. The molecule has 2 heterocycles. The van der Waals surface area contributed by atoms with Crippen LogP contribution in [0.15, 0.2) is 84.3 Å². The van der Waals surface area contributed by atoms with Crippen LogP contribution in [0.5, 0.6) is 0 Å². The monoisotopic (exact) mass is 502 g/mol. The third kappa shape index (κ3) is 5.53. The van der Waals surface area contributed by atoms with E-state index in [-0.39, 0.29) is 24.7 Å². The summed E-state index contributed by atoms with van der Waals surface area (Å²) in [6, 6.07) is 24.5. The van der Waals surface area contributed by atoms with Gasteiger partial charge in [-0.25, -0.2) is 4.98 Å². The minimum Gasteiger partial charge on any atom is -0.392 e. The number of aromatic nitrogens is 3. The molecule has 1 fully saturated rings. The van der Waals surface area contributed by atoms with Crippen molar-refractivity contribution in [1.82, 2.24) is 15.2 Å². The van der Waals surface area contributed by atoms with Crippen LogP contribution in [-0.4, -0.2) is 32.1 Å². The Balaban J connectivity index is 1.39. The number of ether oxygens (including phenoxy) is 2. The molecule has 4 N–H and O–H groups in total. The van der Waals surface area contributed by atoms with Gasteiger partial charge < -0.3 is 20.3 Å². The van der Waals surface area contributed by atoms with Crippen molar-refractivity contribution in [3.05, 3.63) is 101 Å². The molecule has 0 amide bonds. The van der Waals surface area contributed by atoms with E-state index in [0.29, 0.717) is 12.3 Å². The first-order valence-corrected chi connectivity index (χ1v) is 13.0. The van der Waals surface area contributed by atoms with Crippen LogP contribution in [0, 0.1) is 5.92 Å². The van der Waals surface area contributed by atoms with Gasteiger partial charge in [0.2, 0.25) is 0 Å². The number of hydrogen-bond acceptors (Lipinski definition) is 7. The van der Waals surface area contributed by atoms with E-state index in [1.54, 1.807) is 11.8 Å². The molecule has 1 aromatic heterocycles. The highest BCUT2D eigenvalue weighted by Crippen LogP contribution is 2.43. The number of rotatable bonds is 8. The Kier molecular flexibility index (Phi) is 7.79. The summed E-state index contributed by atoms with van der Waals surface area (Å²) in [7, 11) is 0. The molecule has 0 bridgehead atoms. The number of benzene rings is 3. The molecule has 5 rings (SSSR count). The number of nitrogens with one attached hydrogen (secondary N) is 1. The Morgan fingerprint density at radius 1 is 0.944 bits per heavy atom. The van der Waals surface area contributed by atoms with Gasteiger partial charge in [0.25, 0.3) is 0 Å². The molecule has 1 aliphatic heterocycles. The van der Waals surface area contributed by atoms with Crippen molar-refractivity contribution in [2.24, 2.45) is 11.7 Å². The van der Waals surface area contributed by atoms with E-state index < -0.39 is 6.29 Å². The number of nitrogens with zero attached hydrogens (tertiary/aromatic N) is 2. The standard InChI is InChI=1S/C28H30N4O3S/c1-18-25(16-36-28-30-17-31-32-28)34-27(35-26(18)22-7-5-19(15-33)6-8-22)23-11-9-21(10-12-23)24-4-2-3-20(13-24)14-29/h2-13,17-18,25-27,33H,14-16,29H2,1H3,(H,30,31,32)/t18-,25+,26+,27+/m0/s1. The third-order valence-electron chi connectivity index (χ3n) is 6.58. The quantitative estimate of drug-likeness (QED) is 0.291. The number of hydrogen-bond donors (Lipinski definition) is 3. The zero-order valence-corrected chi connectivity index (χ0v) is 20.9. The molecule has 0 spiro atoms. The van der Waals surface area contributed by atoms with Crippen LogP contribution in [0.4, 0.5) is 0 Å². The highest BCUT2D eigenvalue weighted by atomic mass is 32.2. The number of thioether (sulfide) groups is 1. The van der Waals surface area contributed by atoms with E-state index in [9.17, 15) is 5.11 Å². The van der Waals surface area contributed by atoms with Crippen molar-refractivity contribution in [1.29, 1.82) is 0 Å². The van der Waals surface area contributed by atoms with Gasteiger partial charge >= 0.3 is 0 Å². The molecular weight excluding hydrogens is 472 g/mol. The Bertz CT molecular complexity index is 1250. The lowest BCUT2D eigenvalue weighted by Gasteiger charge is -2.41. The molecule has 0 radical (unpaired) electrons. The van der Waals surface area contributed by atoms with Gasteiger partial charge in [-0.2, -0.15) is 5.10 Å². The Morgan fingerprint density at radius 2 is 1.72 bits per heavy atom. The van der Waals surface area contributed by atoms with Crippen LogP contribution in [0.25, 0.3) is 11.1 Å². The molecule has 1 aliphatic rings. The first-order valence-electron chi connectivity index (χ1n) is 12.0. The highest BCUT2D eigenvalue weighted by Gasteiger charge is 2.38. The van der Waals surface area contributed by atoms with Gasteiger partial charge in [0.05, 0.1) is 18.8 Å². The molecule has 186 valence electrons. The molecule has 1 saturated heterocycles. The van der Waals surface area contributed by atoms with Crippen LogP contribution < -0.4 is 5.73 Å². The molecular formula is C28H30N4O3S. The summed E-state index contributed by atoms with van der Waals surface area (Å²) in [5.41, 5.74) is 12.1. The Morgan fingerprint density at radius 3 is 2.42 bits per heavy atom. The van der Waals surface area contributed by atoms with Crippen molar-refractivity contribution in [3.8, 4) is 11.1 Å². The van der Waals surface area contributed by atoms with Crippen molar-refractivity contribution in [2.75, 3.05) is 5.75 Å². The zero-order chi connectivity index (χ0) is 24.9. The molecule has 4 aromatic rings. The predicted molar refractivity (Wildman–Crippen MR) is 140 cm³/mol. The average Bonchev–Trinajstić information content (AvgIpc) is 3.46. The fraction of sp³-hybridized carbons (Fsp3) is 0.286. The fourth-order valence-electron chi connectivity index (χ4n) is 4.45. The molecule has 0 aliphatic carbocycles. The van der Waals surface area contributed by atoms with Gasteiger partial charge in [0, 0.05) is 23.8 Å². The van der Waals surface area contributed by atoms with Gasteiger partial charge in [-0.3, -0.25) is 5.10 Å². The summed E-state index contributed by atoms with van der Waals surface area (Å²) in [6.45, 7) is 2.69. The first kappa shape index (κ1) is 24.7. The number of nitrogens with two attached hydrogens (primary N) is 1. The summed E-state index contributed by atoms with van der Waals surface area (Å²) in [5.74, 6) is 0.820. The molecule has 0 unspecified atom stereocenters. The zero-order valence-electron chi connectivity index (χ0n) is 20.1. The van der Waals surface area contributed by atoms with E-state index >= 15 is 0 Å². The lowest BCUT2D eigenvalue weighted by Crippen LogP contribution is -2.38. The van der Waals surface area contributed by atoms with Gasteiger partial charge in [-0.15, -0.1) is 0 Å². The van der Waals surface area contributed by atoms with Crippen molar-refractivity contribution < 1.29 is 14.6 Å². The summed E-state index contributed by atoms with van der Waals surface area (Å²) in [6.07, 6.45) is 0.781. The summed E-state index contributed by atoms with van der Waals surface area (Å²) >= 11 is 1.59. The van der Waals surface area contributed by atoms with Crippen molar-refractivity contribution >= 4 is 11.8 Å². The predicted octanol–water partition coefficient (Wildman–Crippen LogP) is 5.01. The van der Waals surface area contributed by atoms with Crippen LogP contribution in [0.3, 0.4) is 0 Å². The van der Waals surface area contributed by atoms with Gasteiger partial charge in [0.1, 0.15) is 6.33 Å². The topological polar surface area (TPSA) is 106 Å². The van der Waals surface area contributed by atoms with Gasteiger partial charge in [-0.05, 0) is 33.9 Å². The third-order valence-corrected chi connectivity index (χ3v) is 7.54. The van der Waals surface area contributed by atoms with Crippen LogP contribution in [-0.2, 0) is 22.6 Å². The molecule has 4 atom stereocenters. The van der Waals surface area contributed by atoms with E-state index in [2.05, 4.69) is 58.5 Å². The molecule has 3 aromatic carbocycles. The summed E-state index contributed by atoms with van der Waals surface area (Å²) in [5, 5.41) is 17.1. The maximum atomic E-state index is 9.44. The second-order valence-corrected chi connectivity index (χ2v) is 9.96. The van der Waals surface area contributed by atoms with Gasteiger partial charge in [0.15, 0.2) is 11.4 Å². The Labute approximate surface area is 215 Å². The van der Waals surface area contributed by atoms with E-state index in [1.807, 2.05) is 36.4 Å². The fourth-order valence-corrected chi connectivity index (χ4v) is 5.39. The average molecular weight is 503 g/mol. The van der Waals surface area contributed by atoms with E-state index in [4.69, 9.17) is 15.2 Å². The first-order chi connectivity index (χ1) is 17.6. The van der Waals surface area contributed by atoms with Gasteiger partial charge in [-0.1, -0.05) is 85.4 Å². The van der Waals surface area contributed by atoms with Crippen molar-refractivity contribution in [2.45, 2.75) is 43.7 Å². The summed E-state index contributed by atoms with van der Waals surface area (Å²) in [4.78, 5) is 4.23. The second kappa shape index (κ2) is 11.4. The highest BCUT2D eigenvalue weighted by molar-refractivity contribution is 7.99. The SMILES string of the molecule is C[C@H]1[C@@H](CSc2ncn[nH]2)O[C@@H](c2ccc(-c3cccc(CN)c3)cc2)O[C@H]1c1ccc(CO)cc1. The largest absolute Gasteiger partial charge is 0.392 e. The molecule has 8 heteroatoms. The number of aliphatic hydroxyl groups excluding tert-OH is 1. The molecule has 7 nitrogen and oxygen atoms in total. The van der Waals surface area contributed by atoms with Crippen LogP contribution in [0.1, 0.15) is 41.6 Å². The summed E-state index contributed by atoms with van der Waals surface area (Å²) < 4.78 is 13.0. The lowest BCUT2D eigenvalue weighted by molar-refractivity contribution is -0.268. The molecule has 36 heavy (non-hydrogen) atoms. The van der Waals surface area contributed by atoms with E-state index in [0.717, 1.165) is 38.5 Å². The minimum atomic E-state index is -0.506. The minimum absolute atomic E-state index is 0.0179. The Hall–Kier alpha value is -3.01. The van der Waals surface area contributed by atoms with Crippen LogP contribution >= 0.6 is 11.8 Å². The second-order valence-electron chi connectivity index (χ2n) is 8.95. The number of aromatic amines is 1. The normalized spacial score (nSPS) is 22.0. The smallest absolute Gasteiger partial charge is 0.184 e. The van der Waals surface area contributed by atoms with Crippen LogP contribution in [0.2, 0.25) is 0 Å². The molecule has 0 saturated carbocycles. The lowest BCUT2D eigenvalue weighted by atomic mass is 9.91. The maximum Gasteiger partial charge on any atom is 0.184 e. The number of aliphatic hydroxyl groups is 1. The maximum absolute atomic E-state index is 9.44.